The van der Waals surface area contributed by atoms with Gasteiger partial charge in [0.1, 0.15) is 10.6 Å². The minimum Gasteiger partial charge on any atom is -0.491 e. The molecule has 0 N–H and O–H groups in total. The van der Waals surface area contributed by atoms with E-state index in [1.54, 1.807) is 30.3 Å². The van der Waals surface area contributed by atoms with E-state index in [-0.39, 0.29) is 23.4 Å². The molecule has 266 valence electrons. The lowest BCUT2D eigenvalue weighted by atomic mass is 10.1. The second kappa shape index (κ2) is 23.7. The van der Waals surface area contributed by atoms with Gasteiger partial charge in [-0.1, -0.05) is 116 Å². The van der Waals surface area contributed by atoms with Crippen molar-refractivity contribution in [3.63, 3.8) is 0 Å². The summed E-state index contributed by atoms with van der Waals surface area (Å²) in [6, 6.07) is 14.5. The molecule has 2 aromatic carbocycles. The van der Waals surface area contributed by atoms with Crippen molar-refractivity contribution in [2.75, 3.05) is 6.61 Å². The molecule has 3 aromatic rings. The molecule has 5 nitrogen and oxygen atoms in total. The van der Waals surface area contributed by atoms with Crippen LogP contribution in [0.1, 0.15) is 160 Å². The Morgan fingerprint density at radius 3 is 1.96 bits per heavy atom. The Morgan fingerprint density at radius 2 is 1.33 bits per heavy atom. The SMILES string of the molecule is CCCCCCCCCCCCCCOc1ccc(C(=O)Oc2ccc(C#Cc3ccc(C(=O)OC(C)CCCCCC)s3)cc2)cc1F. The summed E-state index contributed by atoms with van der Waals surface area (Å²) in [5.74, 6) is 5.06. The number of ether oxygens (including phenoxy) is 3. The quantitative estimate of drug-likeness (QED) is 0.0429. The molecule has 7 heteroatoms. The molecule has 0 radical (unpaired) electrons. The van der Waals surface area contributed by atoms with E-state index in [2.05, 4.69) is 25.7 Å². The predicted octanol–water partition coefficient (Wildman–Crippen LogP) is 12.1. The first kappa shape index (κ1) is 39.8. The first-order valence-electron chi connectivity index (χ1n) is 18.5. The number of rotatable bonds is 23. The van der Waals surface area contributed by atoms with E-state index in [9.17, 15) is 14.0 Å². The smallest absolute Gasteiger partial charge is 0.348 e. The van der Waals surface area contributed by atoms with Crippen molar-refractivity contribution >= 4 is 23.3 Å². The predicted molar refractivity (Wildman–Crippen MR) is 198 cm³/mol. The molecule has 0 bridgehead atoms. The van der Waals surface area contributed by atoms with Crippen LogP contribution < -0.4 is 9.47 Å². The first-order chi connectivity index (χ1) is 23.9. The maximum Gasteiger partial charge on any atom is 0.348 e. The summed E-state index contributed by atoms with van der Waals surface area (Å²) in [6.07, 6.45) is 20.4. The van der Waals surface area contributed by atoms with Crippen LogP contribution in [0, 0.1) is 17.7 Å². The van der Waals surface area contributed by atoms with E-state index in [1.807, 2.05) is 13.0 Å². The Hall–Kier alpha value is -3.63. The van der Waals surface area contributed by atoms with Gasteiger partial charge in [-0.15, -0.1) is 11.3 Å². The van der Waals surface area contributed by atoms with Crippen LogP contribution in [0.4, 0.5) is 4.39 Å². The third-order valence-corrected chi connectivity index (χ3v) is 9.38. The van der Waals surface area contributed by atoms with Gasteiger partial charge in [-0.05, 0) is 80.8 Å². The Morgan fingerprint density at radius 1 is 0.714 bits per heavy atom. The average Bonchev–Trinajstić information content (AvgIpc) is 3.58. The van der Waals surface area contributed by atoms with Gasteiger partial charge in [0, 0.05) is 5.56 Å². The van der Waals surface area contributed by atoms with Gasteiger partial charge in [-0.2, -0.15) is 0 Å². The molecular weight excluding hydrogens is 636 g/mol. The van der Waals surface area contributed by atoms with Crippen LogP contribution in [-0.4, -0.2) is 24.6 Å². The number of hydrogen-bond donors (Lipinski definition) is 0. The molecule has 1 atom stereocenters. The molecule has 0 saturated carbocycles. The molecule has 3 rings (SSSR count). The van der Waals surface area contributed by atoms with Crippen molar-refractivity contribution in [2.45, 2.75) is 136 Å². The summed E-state index contributed by atoms with van der Waals surface area (Å²) >= 11 is 1.30. The largest absolute Gasteiger partial charge is 0.491 e. The summed E-state index contributed by atoms with van der Waals surface area (Å²) in [4.78, 5) is 26.4. The summed E-state index contributed by atoms with van der Waals surface area (Å²) in [5.41, 5.74) is 0.829. The molecule has 0 fully saturated rings. The summed E-state index contributed by atoms with van der Waals surface area (Å²) in [6.45, 7) is 6.81. The molecule has 49 heavy (non-hydrogen) atoms. The summed E-state index contributed by atoms with van der Waals surface area (Å²) in [7, 11) is 0. The molecule has 0 aliphatic heterocycles. The minimum atomic E-state index is -0.654. The molecule has 0 spiro atoms. The fourth-order valence-corrected chi connectivity index (χ4v) is 6.19. The van der Waals surface area contributed by atoms with Crippen molar-refractivity contribution in [2.24, 2.45) is 0 Å². The highest BCUT2D eigenvalue weighted by Crippen LogP contribution is 2.22. The fourth-order valence-electron chi connectivity index (χ4n) is 5.45. The molecule has 0 aliphatic carbocycles. The number of halogens is 1. The number of carbonyl (C=O) groups is 2. The number of hydrogen-bond acceptors (Lipinski definition) is 6. The third-order valence-electron chi connectivity index (χ3n) is 8.40. The third kappa shape index (κ3) is 16.1. The zero-order valence-electron chi connectivity index (χ0n) is 29.8. The Kier molecular flexibility index (Phi) is 19.2. The van der Waals surface area contributed by atoms with E-state index in [1.165, 1.54) is 101 Å². The number of unbranched alkanes of at least 4 members (excludes halogenated alkanes) is 14. The lowest BCUT2D eigenvalue weighted by Gasteiger charge is -2.12. The standard InChI is InChI=1S/C42H55FO5S/c1-4-6-8-10-11-12-13-14-15-16-17-19-31-46-39-29-24-35(32-38(39)43)41(44)48-36-25-21-34(22-26-36)23-27-37-28-30-40(49-37)42(45)47-33(3)20-18-9-7-5-2/h21-22,24-26,28-30,32-33H,4-20,31H2,1-3H3. The van der Waals surface area contributed by atoms with Gasteiger partial charge in [-0.3, -0.25) is 0 Å². The van der Waals surface area contributed by atoms with Crippen molar-refractivity contribution in [3.05, 3.63) is 81.3 Å². The highest BCUT2D eigenvalue weighted by molar-refractivity contribution is 7.14. The van der Waals surface area contributed by atoms with Crippen molar-refractivity contribution in [1.29, 1.82) is 0 Å². The van der Waals surface area contributed by atoms with Crippen LogP contribution in [0.3, 0.4) is 0 Å². The van der Waals surface area contributed by atoms with E-state index in [0.29, 0.717) is 17.2 Å². The van der Waals surface area contributed by atoms with Crippen LogP contribution in [-0.2, 0) is 4.74 Å². The van der Waals surface area contributed by atoms with Crippen LogP contribution in [0.15, 0.2) is 54.6 Å². The van der Waals surface area contributed by atoms with Crippen molar-refractivity contribution in [3.8, 4) is 23.3 Å². The fraction of sp³-hybridized carbons (Fsp3) is 0.524. The van der Waals surface area contributed by atoms with Crippen LogP contribution in [0.5, 0.6) is 11.5 Å². The van der Waals surface area contributed by atoms with E-state index >= 15 is 0 Å². The zero-order chi connectivity index (χ0) is 35.1. The maximum absolute atomic E-state index is 14.7. The second-order valence-electron chi connectivity index (χ2n) is 12.8. The van der Waals surface area contributed by atoms with Gasteiger partial charge in [-0.25, -0.2) is 14.0 Å². The topological polar surface area (TPSA) is 61.8 Å². The molecule has 1 aromatic heterocycles. The molecule has 0 amide bonds. The van der Waals surface area contributed by atoms with Gasteiger partial charge in [0.2, 0.25) is 0 Å². The highest BCUT2D eigenvalue weighted by Gasteiger charge is 2.15. The number of benzene rings is 2. The highest BCUT2D eigenvalue weighted by atomic mass is 32.1. The Labute approximate surface area is 298 Å². The Balaban J connectivity index is 1.35. The van der Waals surface area contributed by atoms with E-state index in [0.717, 1.165) is 48.6 Å². The van der Waals surface area contributed by atoms with Gasteiger partial charge in [0.25, 0.3) is 0 Å². The average molecular weight is 691 g/mol. The van der Waals surface area contributed by atoms with Gasteiger partial charge in [0.05, 0.1) is 23.2 Å². The molecule has 1 unspecified atom stereocenters. The lowest BCUT2D eigenvalue weighted by Crippen LogP contribution is -2.14. The van der Waals surface area contributed by atoms with Gasteiger partial charge < -0.3 is 14.2 Å². The van der Waals surface area contributed by atoms with E-state index in [4.69, 9.17) is 14.2 Å². The summed E-state index contributed by atoms with van der Waals surface area (Å²) < 4.78 is 31.3. The van der Waals surface area contributed by atoms with Crippen LogP contribution in [0.25, 0.3) is 0 Å². The normalized spacial score (nSPS) is 11.4. The van der Waals surface area contributed by atoms with Crippen molar-refractivity contribution < 1.29 is 28.2 Å². The van der Waals surface area contributed by atoms with Crippen LogP contribution in [0.2, 0.25) is 0 Å². The van der Waals surface area contributed by atoms with E-state index < -0.39 is 11.8 Å². The number of esters is 2. The first-order valence-corrected chi connectivity index (χ1v) is 19.3. The maximum atomic E-state index is 14.7. The molecule has 0 saturated heterocycles. The molecule has 0 aliphatic rings. The Bertz CT molecular complexity index is 1450. The second-order valence-corrected chi connectivity index (χ2v) is 13.9. The monoisotopic (exact) mass is 690 g/mol. The molecule has 1 heterocycles. The minimum absolute atomic E-state index is 0.108. The zero-order valence-corrected chi connectivity index (χ0v) is 30.6. The van der Waals surface area contributed by atoms with Gasteiger partial charge >= 0.3 is 11.9 Å². The lowest BCUT2D eigenvalue weighted by molar-refractivity contribution is 0.0325. The number of thiophene rings is 1. The number of carbonyl (C=O) groups excluding carboxylic acids is 2. The summed E-state index contributed by atoms with van der Waals surface area (Å²) in [5, 5.41) is 0. The van der Waals surface area contributed by atoms with Gasteiger partial charge in [0.15, 0.2) is 11.6 Å². The van der Waals surface area contributed by atoms with Crippen LogP contribution >= 0.6 is 11.3 Å². The molecular formula is C42H55FO5S. The van der Waals surface area contributed by atoms with Crippen molar-refractivity contribution in [1.82, 2.24) is 0 Å².